The van der Waals surface area contributed by atoms with Gasteiger partial charge in [0.1, 0.15) is 0 Å². The molecule has 158 valence electrons. The summed E-state index contributed by atoms with van der Waals surface area (Å²) in [5.74, 6) is -0.135. The fourth-order valence-corrected chi connectivity index (χ4v) is 4.46. The highest BCUT2D eigenvalue weighted by Crippen LogP contribution is 2.31. The van der Waals surface area contributed by atoms with Crippen LogP contribution in [0.1, 0.15) is 46.5 Å². The van der Waals surface area contributed by atoms with Gasteiger partial charge in [0.2, 0.25) is 0 Å². The number of anilines is 1. The summed E-state index contributed by atoms with van der Waals surface area (Å²) >= 11 is 1.53. The van der Waals surface area contributed by atoms with Crippen LogP contribution in [0.25, 0.3) is 10.2 Å². The SMILES string of the molecule is CCc1ccc2nc(N(CCCn3ccnc3)C(=O)c3ccc(C(C)=O)cc3)sc2c1. The zero-order chi connectivity index (χ0) is 21.8. The Balaban J connectivity index is 1.63. The largest absolute Gasteiger partial charge is 0.337 e. The number of aryl methyl sites for hydroxylation is 2. The van der Waals surface area contributed by atoms with Gasteiger partial charge < -0.3 is 4.57 Å². The Kier molecular flexibility index (Phi) is 6.23. The van der Waals surface area contributed by atoms with Crippen LogP contribution in [0.2, 0.25) is 0 Å². The third-order valence-electron chi connectivity index (χ3n) is 5.22. The third kappa shape index (κ3) is 4.72. The van der Waals surface area contributed by atoms with Crippen molar-refractivity contribution in [2.45, 2.75) is 33.2 Å². The van der Waals surface area contributed by atoms with Crippen LogP contribution < -0.4 is 4.90 Å². The number of hydrogen-bond acceptors (Lipinski definition) is 5. The minimum Gasteiger partial charge on any atom is -0.337 e. The van der Waals surface area contributed by atoms with Gasteiger partial charge in [-0.15, -0.1) is 0 Å². The molecule has 0 unspecified atom stereocenters. The minimum absolute atomic E-state index is 0.0194. The first-order valence-corrected chi connectivity index (χ1v) is 11.1. The normalized spacial score (nSPS) is 11.0. The van der Waals surface area contributed by atoms with E-state index in [2.05, 4.69) is 24.0 Å². The molecule has 0 fully saturated rings. The average molecular weight is 433 g/mol. The standard InChI is InChI=1S/C24H24N4O2S/c1-3-18-5-10-21-22(15-18)31-24(26-21)28(13-4-12-27-14-11-25-16-27)23(30)20-8-6-19(7-9-20)17(2)29/h5-11,14-16H,3-4,12-13H2,1-2H3. The molecular weight excluding hydrogens is 408 g/mol. The lowest BCUT2D eigenvalue weighted by atomic mass is 10.1. The van der Waals surface area contributed by atoms with Crippen molar-refractivity contribution in [2.75, 3.05) is 11.4 Å². The summed E-state index contributed by atoms with van der Waals surface area (Å²) in [7, 11) is 0. The highest BCUT2D eigenvalue weighted by molar-refractivity contribution is 7.22. The Morgan fingerprint density at radius 2 is 1.87 bits per heavy atom. The maximum absolute atomic E-state index is 13.4. The maximum Gasteiger partial charge on any atom is 0.260 e. The third-order valence-corrected chi connectivity index (χ3v) is 6.26. The van der Waals surface area contributed by atoms with E-state index in [4.69, 9.17) is 4.98 Å². The van der Waals surface area contributed by atoms with Crippen LogP contribution in [0.3, 0.4) is 0 Å². The summed E-state index contributed by atoms with van der Waals surface area (Å²) in [4.78, 5) is 35.5. The zero-order valence-corrected chi connectivity index (χ0v) is 18.4. The molecule has 6 nitrogen and oxygen atoms in total. The Labute approximate surface area is 185 Å². The molecule has 0 spiro atoms. The van der Waals surface area contributed by atoms with Crippen molar-refractivity contribution in [3.63, 3.8) is 0 Å². The summed E-state index contributed by atoms with van der Waals surface area (Å²) in [6, 6.07) is 13.1. The molecular formula is C24H24N4O2S. The highest BCUT2D eigenvalue weighted by Gasteiger charge is 2.21. The molecule has 2 aromatic carbocycles. The van der Waals surface area contributed by atoms with Gasteiger partial charge in [-0.1, -0.05) is 36.5 Å². The molecule has 0 saturated carbocycles. The van der Waals surface area contributed by atoms with Crippen molar-refractivity contribution < 1.29 is 9.59 Å². The number of carbonyl (C=O) groups excluding carboxylic acids is 2. The van der Waals surface area contributed by atoms with E-state index in [-0.39, 0.29) is 11.7 Å². The van der Waals surface area contributed by atoms with Crippen LogP contribution in [0.4, 0.5) is 5.13 Å². The van der Waals surface area contributed by atoms with E-state index in [1.807, 2.05) is 16.8 Å². The number of rotatable bonds is 8. The molecule has 4 rings (SSSR count). The van der Waals surface area contributed by atoms with Crippen molar-refractivity contribution in [1.82, 2.24) is 14.5 Å². The smallest absolute Gasteiger partial charge is 0.260 e. The lowest BCUT2D eigenvalue weighted by molar-refractivity contribution is 0.0982. The first kappa shape index (κ1) is 20.9. The number of fused-ring (bicyclic) bond motifs is 1. The molecule has 7 heteroatoms. The fraction of sp³-hybridized carbons (Fsp3) is 0.250. The van der Waals surface area contributed by atoms with Gasteiger partial charge in [0.15, 0.2) is 10.9 Å². The van der Waals surface area contributed by atoms with E-state index in [9.17, 15) is 9.59 Å². The Bertz CT molecular complexity index is 1200. The molecule has 0 atom stereocenters. The molecule has 0 N–H and O–H groups in total. The van der Waals surface area contributed by atoms with Crippen molar-refractivity contribution in [2.24, 2.45) is 0 Å². The molecule has 2 heterocycles. The monoisotopic (exact) mass is 432 g/mol. The number of thiazole rings is 1. The molecule has 0 saturated heterocycles. The molecule has 4 aromatic rings. The van der Waals surface area contributed by atoms with Gasteiger partial charge in [-0.25, -0.2) is 9.97 Å². The van der Waals surface area contributed by atoms with Gasteiger partial charge in [0.25, 0.3) is 5.91 Å². The van der Waals surface area contributed by atoms with Crippen LogP contribution in [0.5, 0.6) is 0 Å². The molecule has 0 aliphatic heterocycles. The molecule has 0 aliphatic rings. The van der Waals surface area contributed by atoms with Gasteiger partial charge in [-0.2, -0.15) is 0 Å². The summed E-state index contributed by atoms with van der Waals surface area (Å²) in [6.45, 7) is 4.94. The van der Waals surface area contributed by atoms with Gasteiger partial charge in [-0.05, 0) is 49.6 Å². The van der Waals surface area contributed by atoms with E-state index in [1.165, 1.54) is 23.8 Å². The van der Waals surface area contributed by atoms with Crippen LogP contribution in [0.15, 0.2) is 61.2 Å². The van der Waals surface area contributed by atoms with Gasteiger partial charge in [0, 0.05) is 36.6 Å². The molecule has 1 amide bonds. The molecule has 31 heavy (non-hydrogen) atoms. The van der Waals surface area contributed by atoms with Crippen LogP contribution in [-0.2, 0) is 13.0 Å². The molecule has 0 aliphatic carbocycles. The number of Topliss-reactive ketones (excluding diaryl/α,β-unsaturated/α-hetero) is 1. The number of imidazole rings is 1. The van der Waals surface area contributed by atoms with Crippen LogP contribution >= 0.6 is 11.3 Å². The van der Waals surface area contributed by atoms with Crippen molar-refractivity contribution in [3.05, 3.63) is 77.9 Å². The quantitative estimate of drug-likeness (QED) is 0.368. The Morgan fingerprint density at radius 1 is 1.10 bits per heavy atom. The van der Waals surface area contributed by atoms with E-state index in [1.54, 1.807) is 41.7 Å². The number of aromatic nitrogens is 3. The number of hydrogen-bond donors (Lipinski definition) is 0. The van der Waals surface area contributed by atoms with E-state index < -0.39 is 0 Å². The van der Waals surface area contributed by atoms with Crippen molar-refractivity contribution in [3.8, 4) is 0 Å². The number of ketones is 1. The molecule has 2 aromatic heterocycles. The zero-order valence-electron chi connectivity index (χ0n) is 17.6. The lowest BCUT2D eigenvalue weighted by Gasteiger charge is -2.20. The topological polar surface area (TPSA) is 68.1 Å². The second-order valence-electron chi connectivity index (χ2n) is 7.40. The summed E-state index contributed by atoms with van der Waals surface area (Å²) in [5, 5.41) is 0.689. The minimum atomic E-state index is -0.115. The second kappa shape index (κ2) is 9.22. The van der Waals surface area contributed by atoms with Crippen molar-refractivity contribution >= 4 is 38.4 Å². The first-order valence-electron chi connectivity index (χ1n) is 10.3. The second-order valence-corrected chi connectivity index (χ2v) is 8.41. The maximum atomic E-state index is 13.4. The highest BCUT2D eigenvalue weighted by atomic mass is 32.1. The number of benzene rings is 2. The fourth-order valence-electron chi connectivity index (χ4n) is 3.41. The first-order chi connectivity index (χ1) is 15.0. The summed E-state index contributed by atoms with van der Waals surface area (Å²) < 4.78 is 3.07. The van der Waals surface area contributed by atoms with Crippen molar-refractivity contribution in [1.29, 1.82) is 0 Å². The van der Waals surface area contributed by atoms with E-state index in [0.29, 0.717) is 22.8 Å². The Hall–Kier alpha value is -3.32. The lowest BCUT2D eigenvalue weighted by Crippen LogP contribution is -2.32. The molecule has 0 bridgehead atoms. The van der Waals surface area contributed by atoms with E-state index >= 15 is 0 Å². The number of carbonyl (C=O) groups is 2. The molecule has 0 radical (unpaired) electrons. The van der Waals surface area contributed by atoms with Gasteiger partial charge in [-0.3, -0.25) is 14.5 Å². The summed E-state index contributed by atoms with van der Waals surface area (Å²) in [5.41, 5.74) is 3.29. The van der Waals surface area contributed by atoms with Crippen LogP contribution in [-0.4, -0.2) is 32.8 Å². The van der Waals surface area contributed by atoms with Crippen LogP contribution in [0, 0.1) is 0 Å². The Morgan fingerprint density at radius 3 is 2.55 bits per heavy atom. The summed E-state index contributed by atoms with van der Waals surface area (Å²) in [6.07, 6.45) is 7.16. The number of amides is 1. The number of nitrogens with zero attached hydrogens (tertiary/aromatic N) is 4. The van der Waals surface area contributed by atoms with Gasteiger partial charge in [0.05, 0.1) is 16.5 Å². The average Bonchev–Trinajstić information content (AvgIpc) is 3.45. The predicted molar refractivity (Wildman–Crippen MR) is 124 cm³/mol. The van der Waals surface area contributed by atoms with Gasteiger partial charge >= 0.3 is 0 Å². The van der Waals surface area contributed by atoms with E-state index in [0.717, 1.165) is 29.6 Å². The predicted octanol–water partition coefficient (Wildman–Crippen LogP) is 4.99.